The van der Waals surface area contributed by atoms with Gasteiger partial charge in [0.15, 0.2) is 0 Å². The molecule has 0 aromatic heterocycles. The average molecular weight is 494 g/mol. The first-order valence-electron chi connectivity index (χ1n) is 15.5. The van der Waals surface area contributed by atoms with Gasteiger partial charge in [-0.05, 0) is 52.2 Å². The average Bonchev–Trinajstić information content (AvgIpc) is 2.84. The minimum absolute atomic E-state index is 0.0305. The first-order valence-corrected chi connectivity index (χ1v) is 15.5. The maximum atomic E-state index is 11.9. The monoisotopic (exact) mass is 493 g/mol. The van der Waals surface area contributed by atoms with Gasteiger partial charge < -0.3 is 9.64 Å². The van der Waals surface area contributed by atoms with Crippen molar-refractivity contribution in [2.75, 3.05) is 27.2 Å². The summed E-state index contributed by atoms with van der Waals surface area (Å²) >= 11 is 0. The Morgan fingerprint density at radius 1 is 0.657 bits per heavy atom. The van der Waals surface area contributed by atoms with Crippen LogP contribution in [0.5, 0.6) is 0 Å². The predicted octanol–water partition coefficient (Wildman–Crippen LogP) is 9.89. The highest BCUT2D eigenvalue weighted by molar-refractivity contribution is 5.69. The Morgan fingerprint density at radius 2 is 1.17 bits per heavy atom. The van der Waals surface area contributed by atoms with Crippen molar-refractivity contribution < 1.29 is 9.53 Å². The van der Waals surface area contributed by atoms with Crippen LogP contribution in [-0.4, -0.2) is 38.1 Å². The van der Waals surface area contributed by atoms with Gasteiger partial charge in [-0.2, -0.15) is 0 Å². The molecule has 0 aliphatic carbocycles. The van der Waals surface area contributed by atoms with Gasteiger partial charge in [0.05, 0.1) is 0 Å². The van der Waals surface area contributed by atoms with E-state index in [4.69, 9.17) is 4.74 Å². The highest BCUT2D eigenvalue weighted by Crippen LogP contribution is 2.22. The lowest BCUT2D eigenvalue weighted by Crippen LogP contribution is -2.17. The van der Waals surface area contributed by atoms with Crippen molar-refractivity contribution >= 4 is 5.97 Å². The molecule has 35 heavy (non-hydrogen) atoms. The molecule has 1 unspecified atom stereocenters. The van der Waals surface area contributed by atoms with Crippen LogP contribution in [0.1, 0.15) is 155 Å². The number of nitrogens with zero attached hydrogens (tertiary/aromatic N) is 1. The van der Waals surface area contributed by atoms with Gasteiger partial charge in [-0.25, -0.2) is 0 Å². The van der Waals surface area contributed by atoms with E-state index < -0.39 is 0 Å². The van der Waals surface area contributed by atoms with Crippen LogP contribution in [0.2, 0.25) is 0 Å². The molecular weight excluding hydrogens is 430 g/mol. The van der Waals surface area contributed by atoms with Gasteiger partial charge in [-0.1, -0.05) is 135 Å². The maximum Gasteiger partial charge on any atom is 0.306 e. The molecule has 1 atom stereocenters. The second-order valence-corrected chi connectivity index (χ2v) is 11.0. The highest BCUT2D eigenvalue weighted by Gasteiger charge is 2.09. The topological polar surface area (TPSA) is 29.5 Å². The van der Waals surface area contributed by atoms with E-state index in [1.165, 1.54) is 122 Å². The van der Waals surface area contributed by atoms with E-state index in [0.29, 0.717) is 13.0 Å². The number of carbonyl (C=O) groups is 1. The molecule has 0 aliphatic rings. The number of rotatable bonds is 27. The fourth-order valence-corrected chi connectivity index (χ4v) is 4.76. The fourth-order valence-electron chi connectivity index (χ4n) is 4.76. The Bertz CT molecular complexity index is 460. The SMILES string of the molecule is CCCCCCCCC=CCOC(=O)CCCCCCC(CCCCCCCCC)CCN(C)C. The molecule has 3 nitrogen and oxygen atoms in total. The zero-order valence-corrected chi connectivity index (χ0v) is 24.5. The van der Waals surface area contributed by atoms with Gasteiger partial charge in [-0.15, -0.1) is 0 Å². The van der Waals surface area contributed by atoms with Gasteiger partial charge in [0, 0.05) is 6.42 Å². The van der Waals surface area contributed by atoms with Gasteiger partial charge in [-0.3, -0.25) is 4.79 Å². The second kappa shape index (κ2) is 27.8. The van der Waals surface area contributed by atoms with Crippen molar-refractivity contribution in [3.8, 4) is 0 Å². The summed E-state index contributed by atoms with van der Waals surface area (Å²) in [5.74, 6) is 0.846. The molecule has 0 saturated heterocycles. The summed E-state index contributed by atoms with van der Waals surface area (Å²) < 4.78 is 5.36. The summed E-state index contributed by atoms with van der Waals surface area (Å²) in [7, 11) is 4.38. The summed E-state index contributed by atoms with van der Waals surface area (Å²) in [4.78, 5) is 14.3. The van der Waals surface area contributed by atoms with Gasteiger partial charge in [0.1, 0.15) is 6.61 Å². The summed E-state index contributed by atoms with van der Waals surface area (Å²) in [5.41, 5.74) is 0. The Hall–Kier alpha value is -0.830. The third-order valence-corrected chi connectivity index (χ3v) is 7.18. The van der Waals surface area contributed by atoms with Crippen LogP contribution in [0.3, 0.4) is 0 Å². The molecule has 0 rings (SSSR count). The standard InChI is InChI=1S/C32H63NO2/c1-5-7-9-11-13-14-16-20-24-30-35-32(34)27-23-19-18-22-26-31(28-29-33(3)4)25-21-17-15-12-10-8-6-2/h20,24,31H,5-19,21-23,25-30H2,1-4H3. The number of carbonyl (C=O) groups excluding carboxylic acids is 1. The number of hydrogen-bond donors (Lipinski definition) is 0. The maximum absolute atomic E-state index is 11.9. The van der Waals surface area contributed by atoms with Crippen LogP contribution in [0.15, 0.2) is 12.2 Å². The molecule has 0 fully saturated rings. The lowest BCUT2D eigenvalue weighted by molar-refractivity contribution is -0.142. The van der Waals surface area contributed by atoms with Crippen molar-refractivity contribution in [3.05, 3.63) is 12.2 Å². The Kier molecular flexibility index (Phi) is 27.1. The minimum Gasteiger partial charge on any atom is -0.461 e. The van der Waals surface area contributed by atoms with Crippen LogP contribution < -0.4 is 0 Å². The largest absolute Gasteiger partial charge is 0.461 e. The number of unbranched alkanes of at least 4 members (excludes halogenated alkanes) is 15. The Balaban J connectivity index is 3.72. The van der Waals surface area contributed by atoms with Crippen LogP contribution in [0.4, 0.5) is 0 Å². The van der Waals surface area contributed by atoms with E-state index in [2.05, 4.69) is 38.9 Å². The molecule has 0 heterocycles. The fraction of sp³-hybridized carbons (Fsp3) is 0.906. The number of allylic oxidation sites excluding steroid dienone is 1. The van der Waals surface area contributed by atoms with E-state index in [1.54, 1.807) is 0 Å². The summed E-state index contributed by atoms with van der Waals surface area (Å²) in [6.07, 6.45) is 32.5. The van der Waals surface area contributed by atoms with E-state index in [9.17, 15) is 4.79 Å². The Morgan fingerprint density at radius 3 is 1.74 bits per heavy atom. The molecule has 0 N–H and O–H groups in total. The van der Waals surface area contributed by atoms with Crippen molar-refractivity contribution in [1.82, 2.24) is 4.90 Å². The first kappa shape index (κ1) is 34.2. The lowest BCUT2D eigenvalue weighted by atomic mass is 9.91. The van der Waals surface area contributed by atoms with E-state index in [0.717, 1.165) is 25.2 Å². The lowest BCUT2D eigenvalue weighted by Gasteiger charge is -2.19. The summed E-state index contributed by atoms with van der Waals surface area (Å²) in [5, 5.41) is 0. The van der Waals surface area contributed by atoms with Crippen molar-refractivity contribution in [1.29, 1.82) is 0 Å². The molecule has 0 aliphatic heterocycles. The van der Waals surface area contributed by atoms with E-state index in [1.807, 2.05) is 6.08 Å². The molecule has 0 amide bonds. The van der Waals surface area contributed by atoms with Crippen molar-refractivity contribution in [2.45, 2.75) is 155 Å². The van der Waals surface area contributed by atoms with Gasteiger partial charge in [0.25, 0.3) is 0 Å². The second-order valence-electron chi connectivity index (χ2n) is 11.0. The van der Waals surface area contributed by atoms with Gasteiger partial charge >= 0.3 is 5.97 Å². The normalized spacial score (nSPS) is 12.6. The predicted molar refractivity (Wildman–Crippen MR) is 155 cm³/mol. The first-order chi connectivity index (χ1) is 17.1. The molecule has 0 aromatic rings. The number of hydrogen-bond acceptors (Lipinski definition) is 3. The molecule has 0 spiro atoms. The van der Waals surface area contributed by atoms with E-state index >= 15 is 0 Å². The molecule has 0 saturated carbocycles. The van der Waals surface area contributed by atoms with Crippen LogP contribution in [0.25, 0.3) is 0 Å². The summed E-state index contributed by atoms with van der Waals surface area (Å²) in [6.45, 7) is 6.20. The van der Waals surface area contributed by atoms with Crippen molar-refractivity contribution in [2.24, 2.45) is 5.92 Å². The smallest absolute Gasteiger partial charge is 0.306 e. The van der Waals surface area contributed by atoms with Crippen LogP contribution >= 0.6 is 0 Å². The van der Waals surface area contributed by atoms with Crippen molar-refractivity contribution in [3.63, 3.8) is 0 Å². The Labute approximate surface area is 220 Å². The zero-order chi connectivity index (χ0) is 25.8. The molecular formula is C32H63NO2. The third kappa shape index (κ3) is 27.6. The molecule has 3 heteroatoms. The third-order valence-electron chi connectivity index (χ3n) is 7.18. The molecule has 208 valence electrons. The van der Waals surface area contributed by atoms with Crippen LogP contribution in [0, 0.1) is 5.92 Å². The molecule has 0 bridgehead atoms. The van der Waals surface area contributed by atoms with Gasteiger partial charge in [0.2, 0.25) is 0 Å². The highest BCUT2D eigenvalue weighted by atomic mass is 16.5. The van der Waals surface area contributed by atoms with E-state index in [-0.39, 0.29) is 5.97 Å². The molecule has 0 radical (unpaired) electrons. The minimum atomic E-state index is -0.0305. The quantitative estimate of drug-likeness (QED) is 0.0647. The van der Waals surface area contributed by atoms with Crippen LogP contribution in [-0.2, 0) is 9.53 Å². The number of ether oxygens (including phenoxy) is 1. The zero-order valence-electron chi connectivity index (χ0n) is 24.5. The number of esters is 1. The summed E-state index contributed by atoms with van der Waals surface area (Å²) in [6, 6.07) is 0. The molecule has 0 aromatic carbocycles.